The van der Waals surface area contributed by atoms with Gasteiger partial charge in [0.2, 0.25) is 0 Å². The Hall–Kier alpha value is 1.14. The fraction of sp³-hybridized carbons (Fsp3) is 1.00. The fourth-order valence-corrected chi connectivity index (χ4v) is 0.667. The van der Waals surface area contributed by atoms with E-state index in [0.29, 0.717) is 12.1 Å². The molecule has 0 radical (unpaired) electrons. The van der Waals surface area contributed by atoms with Crippen molar-refractivity contribution in [1.82, 2.24) is 5.32 Å². The van der Waals surface area contributed by atoms with Gasteiger partial charge in [-0.2, -0.15) is 0 Å². The summed E-state index contributed by atoms with van der Waals surface area (Å²) in [5, 5.41) is 3.50. The molecule has 1 N–H and O–H groups in total. The van der Waals surface area contributed by atoms with Gasteiger partial charge in [-0.25, -0.2) is 0 Å². The molecule has 0 rings (SSSR count). The van der Waals surface area contributed by atoms with Crippen LogP contribution in [0.3, 0.4) is 0 Å². The van der Waals surface area contributed by atoms with Gasteiger partial charge >= 0.3 is 18.9 Å². The summed E-state index contributed by atoms with van der Waals surface area (Å²) in [6, 6.07) is 1.25. The maximum absolute atomic E-state index is 4.76. The van der Waals surface area contributed by atoms with Gasteiger partial charge in [-0.15, -0.1) is 23.2 Å². The van der Waals surface area contributed by atoms with Gasteiger partial charge in [-0.05, 0) is 0 Å². The predicted molar refractivity (Wildman–Crippen MR) is 51.1 cm³/mol. The molecule has 0 bridgehead atoms. The summed E-state index contributed by atoms with van der Waals surface area (Å²) in [4.78, 5) is 0. The van der Waals surface area contributed by atoms with Gasteiger partial charge in [-0.3, -0.25) is 0 Å². The van der Waals surface area contributed by atoms with Crippen LogP contribution in [0.25, 0.3) is 0 Å². The van der Waals surface area contributed by atoms with Crippen LogP contribution in [0.1, 0.15) is 29.1 Å². The van der Waals surface area contributed by atoms with Gasteiger partial charge in [0.25, 0.3) is 0 Å². The quantitative estimate of drug-likeness (QED) is 0.479. The molecule has 66 valence electrons. The van der Waals surface area contributed by atoms with Crippen LogP contribution in [0.4, 0.5) is 0 Å². The second-order valence-corrected chi connectivity index (χ2v) is 3.39. The van der Waals surface area contributed by atoms with E-state index in [1.165, 1.54) is 0 Å². The van der Waals surface area contributed by atoms with E-state index in [1.54, 1.807) is 0 Å². The molecule has 11 heavy (non-hydrogen) atoms. The van der Waals surface area contributed by atoms with Crippen LogP contribution in [0.2, 0.25) is 0 Å². The fourth-order valence-electron chi connectivity index (χ4n) is 0.667. The van der Waals surface area contributed by atoms with Crippen molar-refractivity contribution in [3.8, 4) is 0 Å². The standard InChI is InChI=1S/C6H15N.CH2Cl2.Li.H/c1-5(2)7-6(3)4;2-1-3;;/h5-7H,1-4H3;1H2;;/q;;+1;-1. The van der Waals surface area contributed by atoms with Crippen molar-refractivity contribution in [3.05, 3.63) is 0 Å². The molecule has 0 spiro atoms. The first-order valence-corrected chi connectivity index (χ1v) is 4.49. The normalized spacial score (nSPS) is 8.73. The Kier molecular flexibility index (Phi) is 22.5. The average molecular weight is 194 g/mol. The molecule has 0 atom stereocenters. The molecule has 1 nitrogen and oxygen atoms in total. The number of hydrogen-bond acceptors (Lipinski definition) is 1. The first kappa shape index (κ1) is 18.0. The maximum atomic E-state index is 4.76. The third-order valence-corrected chi connectivity index (χ3v) is 0.667. The molecular weight excluding hydrogens is 176 g/mol. The van der Waals surface area contributed by atoms with E-state index < -0.39 is 0 Å². The number of alkyl halides is 2. The second-order valence-electron chi connectivity index (χ2n) is 2.58. The van der Waals surface area contributed by atoms with Gasteiger partial charge in [0.05, 0.1) is 5.34 Å². The number of halogens is 2. The van der Waals surface area contributed by atoms with Crippen molar-refractivity contribution in [3.63, 3.8) is 0 Å². The molecule has 0 heterocycles. The molecule has 4 heteroatoms. The summed E-state index contributed by atoms with van der Waals surface area (Å²) >= 11 is 9.53. The summed E-state index contributed by atoms with van der Waals surface area (Å²) in [5.74, 6) is 0. The van der Waals surface area contributed by atoms with E-state index in [2.05, 4.69) is 33.0 Å². The summed E-state index contributed by atoms with van der Waals surface area (Å²) in [6.07, 6.45) is 0. The molecular formula is C7H18Cl2LiN. The molecule has 0 aromatic carbocycles. The zero-order valence-electron chi connectivity index (χ0n) is 9.12. The SMILES string of the molecule is CC(C)NC(C)C.ClCCl.[H-].[Li+]. The molecule has 0 aliphatic heterocycles. The van der Waals surface area contributed by atoms with Gasteiger partial charge in [0, 0.05) is 12.1 Å². The van der Waals surface area contributed by atoms with E-state index in [0.717, 1.165) is 0 Å². The van der Waals surface area contributed by atoms with Crippen molar-refractivity contribution >= 4 is 23.2 Å². The van der Waals surface area contributed by atoms with Crippen LogP contribution in [0.5, 0.6) is 0 Å². The Bertz CT molecular complexity index is 59.4. The van der Waals surface area contributed by atoms with Crippen LogP contribution >= 0.6 is 23.2 Å². The minimum absolute atomic E-state index is 0. The minimum atomic E-state index is 0. The van der Waals surface area contributed by atoms with E-state index in [1.807, 2.05) is 0 Å². The number of hydrogen-bond donors (Lipinski definition) is 1. The summed E-state index contributed by atoms with van der Waals surface area (Å²) < 4.78 is 0. The molecule has 0 aliphatic carbocycles. The first-order valence-electron chi connectivity index (χ1n) is 3.42. The summed E-state index contributed by atoms with van der Waals surface area (Å²) in [7, 11) is 0. The van der Waals surface area contributed by atoms with Crippen molar-refractivity contribution in [2.45, 2.75) is 39.8 Å². The molecule has 0 unspecified atom stereocenters. The van der Waals surface area contributed by atoms with E-state index in [4.69, 9.17) is 23.2 Å². The molecule has 0 fully saturated rings. The Balaban J connectivity index is -0.0000000569. The van der Waals surface area contributed by atoms with Crippen molar-refractivity contribution in [2.24, 2.45) is 0 Å². The molecule has 0 aliphatic rings. The van der Waals surface area contributed by atoms with Crippen molar-refractivity contribution in [2.75, 3.05) is 5.34 Å². The van der Waals surface area contributed by atoms with Crippen LogP contribution in [-0.2, 0) is 0 Å². The van der Waals surface area contributed by atoms with Crippen LogP contribution < -0.4 is 24.2 Å². The minimum Gasteiger partial charge on any atom is -1.00 e. The molecule has 0 saturated heterocycles. The van der Waals surface area contributed by atoms with Gasteiger partial charge in [0.15, 0.2) is 0 Å². The Morgan fingerprint density at radius 2 is 1.27 bits per heavy atom. The first-order chi connectivity index (χ1) is 4.54. The predicted octanol–water partition coefficient (Wildman–Crippen LogP) is -0.0692. The summed E-state index contributed by atoms with van der Waals surface area (Å²) in [6.45, 7) is 8.61. The largest absolute Gasteiger partial charge is 1.00 e. The Morgan fingerprint density at radius 3 is 1.27 bits per heavy atom. The zero-order valence-corrected chi connectivity index (χ0v) is 9.63. The molecule has 0 amide bonds. The van der Waals surface area contributed by atoms with E-state index in [9.17, 15) is 0 Å². The molecule has 0 aromatic heterocycles. The van der Waals surface area contributed by atoms with Gasteiger partial charge in [0.1, 0.15) is 0 Å². The smallest absolute Gasteiger partial charge is 1.00 e. The monoisotopic (exact) mass is 193 g/mol. The van der Waals surface area contributed by atoms with E-state index >= 15 is 0 Å². The summed E-state index contributed by atoms with van der Waals surface area (Å²) in [5.41, 5.74) is 0. The van der Waals surface area contributed by atoms with Crippen molar-refractivity contribution in [1.29, 1.82) is 0 Å². The molecule has 0 aromatic rings. The van der Waals surface area contributed by atoms with Gasteiger partial charge < -0.3 is 6.74 Å². The zero-order chi connectivity index (χ0) is 8.57. The topological polar surface area (TPSA) is 12.0 Å². The Morgan fingerprint density at radius 1 is 1.09 bits per heavy atom. The van der Waals surface area contributed by atoms with Crippen LogP contribution in [0, 0.1) is 0 Å². The van der Waals surface area contributed by atoms with E-state index in [-0.39, 0.29) is 25.6 Å². The average Bonchev–Trinajstić information content (AvgIpc) is 1.62. The third kappa shape index (κ3) is 35.2. The second kappa shape index (κ2) is 13.7. The maximum Gasteiger partial charge on any atom is 1.00 e. The number of nitrogens with one attached hydrogen (secondary N) is 1. The van der Waals surface area contributed by atoms with Crippen LogP contribution in [0.15, 0.2) is 0 Å². The third-order valence-electron chi connectivity index (χ3n) is 0.667. The number of rotatable bonds is 2. The van der Waals surface area contributed by atoms with Gasteiger partial charge in [-0.1, -0.05) is 27.7 Å². The Labute approximate surface area is 93.9 Å². The van der Waals surface area contributed by atoms with Crippen molar-refractivity contribution < 1.29 is 20.3 Å². The van der Waals surface area contributed by atoms with Crippen LogP contribution in [-0.4, -0.2) is 17.4 Å². The molecule has 0 saturated carbocycles.